The Bertz CT molecular complexity index is 3680. The van der Waals surface area contributed by atoms with Crippen molar-refractivity contribution in [2.75, 3.05) is 0 Å². The Morgan fingerprint density at radius 1 is 0.408 bits per heavy atom. The van der Waals surface area contributed by atoms with E-state index in [2.05, 4.69) is 289 Å². The summed E-state index contributed by atoms with van der Waals surface area (Å²) in [5.74, 6) is 3.72. The molecule has 0 fully saturated rings. The van der Waals surface area contributed by atoms with Gasteiger partial charge < -0.3 is 22.5 Å². The minimum Gasteiger partial charge on any atom is -0.870 e. The van der Waals surface area contributed by atoms with Gasteiger partial charge in [0.1, 0.15) is 11.6 Å². The SMILES string of the molecule is CC(C)c1cccc(C(C)C)c1-n1ccnc1-c1ccc(-n2c3ccccc3c3ccccc32)cc1.CC(C)c1cccc(C(C)C)c1-n1ccnc1-c1ccc(Br)cc1.[CH3-].[Na+].[OH-].c1ccc2c(c1)[nH]c1ccccc12. The second kappa shape index (κ2) is 24.9. The molecule has 0 aliphatic carbocycles. The van der Waals surface area contributed by atoms with Crippen molar-refractivity contribution in [2.45, 2.75) is 79.1 Å². The summed E-state index contributed by atoms with van der Waals surface area (Å²) in [5, 5.41) is 5.16. The van der Waals surface area contributed by atoms with E-state index in [4.69, 9.17) is 4.98 Å². The fraction of sp³-hybridized carbons (Fsp3) is 0.179. The number of fused-ring (bicyclic) bond motifs is 6. The monoisotopic (exact) mass is 1070 g/mol. The molecule has 8 aromatic carbocycles. The zero-order valence-electron chi connectivity index (χ0n) is 45.5. The predicted octanol–water partition coefficient (Wildman–Crippen LogP) is 16.0. The average Bonchev–Trinajstić information content (AvgIpc) is 4.24. The molecular weight excluding hydrogens is 1010 g/mol. The molecule has 0 atom stereocenters. The van der Waals surface area contributed by atoms with Crippen LogP contribution in [0.2, 0.25) is 0 Å². The summed E-state index contributed by atoms with van der Waals surface area (Å²) in [7, 11) is 0. The second-order valence-corrected chi connectivity index (χ2v) is 21.0. The molecule has 4 heterocycles. The van der Waals surface area contributed by atoms with Gasteiger partial charge in [-0.2, -0.15) is 0 Å². The molecule has 0 saturated heterocycles. The van der Waals surface area contributed by atoms with Gasteiger partial charge in [-0.15, -0.1) is 0 Å². The van der Waals surface area contributed by atoms with Gasteiger partial charge in [0.05, 0.1) is 22.4 Å². The third kappa shape index (κ3) is 11.3. The molecule has 0 saturated carbocycles. The van der Waals surface area contributed by atoms with Gasteiger partial charge in [-0.1, -0.05) is 193 Å². The van der Waals surface area contributed by atoms with Crippen LogP contribution in [0.4, 0.5) is 0 Å². The second-order valence-electron chi connectivity index (χ2n) is 20.1. The molecule has 9 heteroatoms. The predicted molar refractivity (Wildman–Crippen MR) is 321 cm³/mol. The number of para-hydroxylation sites is 6. The Balaban J connectivity index is 0.000000181. The Morgan fingerprint density at radius 3 is 1.13 bits per heavy atom. The average molecular weight is 1080 g/mol. The molecule has 0 aliphatic heterocycles. The van der Waals surface area contributed by atoms with Crippen LogP contribution in [0.5, 0.6) is 0 Å². The zero-order chi connectivity index (χ0) is 50.8. The molecule has 7 nitrogen and oxygen atoms in total. The fourth-order valence-electron chi connectivity index (χ4n) is 10.3. The number of imidazole rings is 2. The van der Waals surface area contributed by atoms with E-state index in [1.807, 2.05) is 12.4 Å². The fourth-order valence-corrected chi connectivity index (χ4v) is 10.6. The molecule has 12 rings (SSSR count). The number of H-pyrrole nitrogens is 1. The molecule has 4 aromatic heterocycles. The van der Waals surface area contributed by atoms with Gasteiger partial charge in [0.2, 0.25) is 0 Å². The smallest absolute Gasteiger partial charge is 0.870 e. The van der Waals surface area contributed by atoms with Crippen LogP contribution < -0.4 is 29.6 Å². The molecule has 0 unspecified atom stereocenters. The first-order valence-corrected chi connectivity index (χ1v) is 26.4. The van der Waals surface area contributed by atoms with Gasteiger partial charge >= 0.3 is 29.6 Å². The van der Waals surface area contributed by atoms with Gasteiger partial charge in [0.25, 0.3) is 0 Å². The summed E-state index contributed by atoms with van der Waals surface area (Å²) in [4.78, 5) is 12.8. The molecule has 0 spiro atoms. The van der Waals surface area contributed by atoms with Crippen molar-refractivity contribution in [2.24, 2.45) is 0 Å². The first-order chi connectivity index (χ1) is 35.5. The Morgan fingerprint density at radius 2 is 0.750 bits per heavy atom. The minimum absolute atomic E-state index is 0. The Kier molecular flexibility index (Phi) is 18.7. The first-order valence-electron chi connectivity index (χ1n) is 25.6. The number of hydrogen-bond acceptors (Lipinski definition) is 3. The van der Waals surface area contributed by atoms with Crippen molar-refractivity contribution in [3.8, 4) is 39.8 Å². The minimum atomic E-state index is 0. The summed E-state index contributed by atoms with van der Waals surface area (Å²) in [5.41, 5.74) is 16.2. The van der Waals surface area contributed by atoms with Crippen molar-refractivity contribution in [1.29, 1.82) is 0 Å². The molecule has 2 N–H and O–H groups in total. The third-order valence-electron chi connectivity index (χ3n) is 13.9. The van der Waals surface area contributed by atoms with Crippen LogP contribution in [-0.4, -0.2) is 34.1 Å². The van der Waals surface area contributed by atoms with E-state index in [-0.39, 0.29) is 42.5 Å². The summed E-state index contributed by atoms with van der Waals surface area (Å²) < 4.78 is 7.95. The molecule has 76 heavy (non-hydrogen) atoms. The van der Waals surface area contributed by atoms with Crippen LogP contribution in [0.3, 0.4) is 0 Å². The molecule has 12 aromatic rings. The van der Waals surface area contributed by atoms with E-state index < -0.39 is 0 Å². The molecule has 0 amide bonds. The number of rotatable bonds is 9. The van der Waals surface area contributed by atoms with E-state index >= 15 is 0 Å². The van der Waals surface area contributed by atoms with E-state index in [9.17, 15) is 0 Å². The van der Waals surface area contributed by atoms with Crippen LogP contribution in [0.1, 0.15) is 101 Å². The summed E-state index contributed by atoms with van der Waals surface area (Å²) in [6, 6.07) is 64.5. The summed E-state index contributed by atoms with van der Waals surface area (Å²) in [6.45, 7) is 18.1. The number of benzene rings is 8. The van der Waals surface area contributed by atoms with Crippen molar-refractivity contribution >= 4 is 59.5 Å². The van der Waals surface area contributed by atoms with Crippen molar-refractivity contribution < 1.29 is 35.0 Å². The van der Waals surface area contributed by atoms with Crippen LogP contribution >= 0.6 is 15.9 Å². The topological polar surface area (TPSA) is 86.4 Å². The molecule has 380 valence electrons. The van der Waals surface area contributed by atoms with E-state index in [1.54, 1.807) is 0 Å². The quantitative estimate of drug-likeness (QED) is 0.115. The van der Waals surface area contributed by atoms with Gasteiger partial charge in [0.15, 0.2) is 0 Å². The van der Waals surface area contributed by atoms with Gasteiger partial charge in [-0.25, -0.2) is 9.97 Å². The van der Waals surface area contributed by atoms with Crippen molar-refractivity contribution in [3.05, 3.63) is 241 Å². The maximum absolute atomic E-state index is 4.81. The Hall–Kier alpha value is -6.78. The Labute approximate surface area is 479 Å². The van der Waals surface area contributed by atoms with Crippen molar-refractivity contribution in [3.63, 3.8) is 0 Å². The third-order valence-corrected chi connectivity index (χ3v) is 14.5. The van der Waals surface area contributed by atoms with Gasteiger partial charge in [0, 0.05) is 78.7 Å². The maximum atomic E-state index is 4.81. The van der Waals surface area contributed by atoms with E-state index in [0.717, 1.165) is 32.9 Å². The van der Waals surface area contributed by atoms with Crippen LogP contribution in [0, 0.1) is 7.43 Å². The van der Waals surface area contributed by atoms with E-state index in [1.165, 1.54) is 77.2 Å². The molecule has 0 radical (unpaired) electrons. The largest absolute Gasteiger partial charge is 1.00 e. The standard InChI is InChI=1S/C33H31N3.C21H23BrN2.C12H9N.CH3.Na.H2O/c1-22(2)26-12-9-13-27(23(3)4)32(26)35-21-20-34-33(35)24-16-18-25(19-17-24)36-30-14-7-5-10-28(30)29-11-6-8-15-31(29)36;1-14(2)18-6-5-7-19(15(3)4)20(18)24-13-12-23-21(24)16-8-10-17(22)11-9-16;1-3-7-11-9(5-1)10-6-2-4-8-12(10)13-11;;;/h5-23H,1-4H3;5-15H,1-4H3;1-8,13H;1H3;;1H2/q;;;-1;+1;/p-1. The summed E-state index contributed by atoms with van der Waals surface area (Å²) in [6.07, 6.45) is 7.98. The van der Waals surface area contributed by atoms with Crippen LogP contribution in [-0.2, 0) is 0 Å². The van der Waals surface area contributed by atoms with Gasteiger partial charge in [-0.3, -0.25) is 9.13 Å². The van der Waals surface area contributed by atoms with E-state index in [0.29, 0.717) is 23.7 Å². The maximum Gasteiger partial charge on any atom is 1.00 e. The molecular formula is C67H67BrN6NaO-. The number of nitrogens with zero attached hydrogens (tertiary/aromatic N) is 5. The number of hydrogen-bond donors (Lipinski definition) is 1. The number of aromatic nitrogens is 6. The van der Waals surface area contributed by atoms with Gasteiger partial charge in [-0.05, 0) is 107 Å². The van der Waals surface area contributed by atoms with Crippen LogP contribution in [0.15, 0.2) is 211 Å². The zero-order valence-corrected chi connectivity index (χ0v) is 49.1. The summed E-state index contributed by atoms with van der Waals surface area (Å²) >= 11 is 3.51. The first kappa shape index (κ1) is 56.9. The number of halogens is 1. The molecule has 0 aliphatic rings. The normalized spacial score (nSPS) is 11.1. The number of aromatic amines is 1. The number of nitrogens with one attached hydrogen (secondary N) is 1. The van der Waals surface area contributed by atoms with Crippen LogP contribution in [0.25, 0.3) is 83.4 Å². The van der Waals surface area contributed by atoms with Crippen molar-refractivity contribution in [1.82, 2.24) is 28.7 Å². The molecule has 0 bridgehead atoms.